The van der Waals surface area contributed by atoms with Gasteiger partial charge in [0.15, 0.2) is 0 Å². The third kappa shape index (κ3) is 3.86. The lowest BCUT2D eigenvalue weighted by atomic mass is 9.79. The first kappa shape index (κ1) is 16.5. The molecule has 5 heteroatoms. The van der Waals surface area contributed by atoms with Gasteiger partial charge in [-0.15, -0.1) is 0 Å². The smallest absolute Gasteiger partial charge is 0.399 e. The van der Waals surface area contributed by atoms with Crippen LogP contribution in [0.25, 0.3) is 0 Å². The van der Waals surface area contributed by atoms with E-state index < -0.39 is 0 Å². The molecular weight excluding hydrogens is 267 g/mol. The minimum Gasteiger partial charge on any atom is -0.399 e. The fraction of sp³-hybridized carbons (Fsp3) is 0.625. The molecule has 1 aliphatic heterocycles. The summed E-state index contributed by atoms with van der Waals surface area (Å²) in [5.41, 5.74) is 1.74. The Morgan fingerprint density at radius 2 is 1.57 bits per heavy atom. The molecule has 0 aliphatic carbocycles. The molecule has 1 aromatic rings. The van der Waals surface area contributed by atoms with Crippen LogP contribution < -0.4 is 5.46 Å². The molecule has 1 aromatic carbocycles. The zero-order chi connectivity index (χ0) is 15.5. The highest BCUT2D eigenvalue weighted by molar-refractivity contribution is 6.62. The van der Waals surface area contributed by atoms with E-state index in [1.54, 1.807) is 0 Å². The van der Waals surface area contributed by atoms with Gasteiger partial charge in [-0.3, -0.25) is 0 Å². The van der Waals surface area contributed by atoms with Gasteiger partial charge in [0.05, 0.1) is 24.9 Å². The van der Waals surface area contributed by atoms with E-state index in [0.717, 1.165) is 18.3 Å². The van der Waals surface area contributed by atoms with Crippen LogP contribution in [0, 0.1) is 0 Å². The SMILES string of the molecule is COOCCCc1ccc(B2OC(C)(C)C(C)(C)O2)cc1. The van der Waals surface area contributed by atoms with Gasteiger partial charge in [0.1, 0.15) is 0 Å². The first-order chi connectivity index (χ1) is 9.86. The molecule has 0 radical (unpaired) electrons. The maximum atomic E-state index is 6.04. The molecule has 0 amide bonds. The Balaban J connectivity index is 1.94. The quantitative estimate of drug-likeness (QED) is 0.349. The summed E-state index contributed by atoms with van der Waals surface area (Å²) >= 11 is 0. The van der Waals surface area contributed by atoms with Gasteiger partial charge >= 0.3 is 7.12 Å². The molecule has 0 saturated carbocycles. The fourth-order valence-electron chi connectivity index (χ4n) is 2.24. The molecule has 1 aliphatic rings. The van der Waals surface area contributed by atoms with Crippen LogP contribution in [-0.4, -0.2) is 32.0 Å². The van der Waals surface area contributed by atoms with Crippen LogP contribution in [0.2, 0.25) is 0 Å². The topological polar surface area (TPSA) is 36.9 Å². The zero-order valence-electron chi connectivity index (χ0n) is 13.6. The maximum absolute atomic E-state index is 6.04. The maximum Gasteiger partial charge on any atom is 0.494 e. The summed E-state index contributed by atoms with van der Waals surface area (Å²) in [4.78, 5) is 9.44. The van der Waals surface area contributed by atoms with Gasteiger partial charge in [0, 0.05) is 0 Å². The predicted octanol–water partition coefficient (Wildman–Crippen LogP) is 2.50. The normalized spacial score (nSPS) is 20.0. The Kier molecular flexibility index (Phi) is 5.09. The summed E-state index contributed by atoms with van der Waals surface area (Å²) in [6.45, 7) is 8.87. The second-order valence-corrected chi connectivity index (χ2v) is 6.42. The summed E-state index contributed by atoms with van der Waals surface area (Å²) in [5.74, 6) is 0. The number of hydrogen-bond acceptors (Lipinski definition) is 4. The Bertz CT molecular complexity index is 440. The van der Waals surface area contributed by atoms with Crippen molar-refractivity contribution < 1.29 is 19.1 Å². The lowest BCUT2D eigenvalue weighted by Crippen LogP contribution is -2.41. The molecule has 0 atom stereocenters. The second-order valence-electron chi connectivity index (χ2n) is 6.42. The van der Waals surface area contributed by atoms with Crippen LogP contribution >= 0.6 is 0 Å². The summed E-state index contributed by atoms with van der Waals surface area (Å²) in [6.07, 6.45) is 1.90. The monoisotopic (exact) mass is 292 g/mol. The van der Waals surface area contributed by atoms with Gasteiger partial charge in [-0.05, 0) is 51.6 Å². The first-order valence-electron chi connectivity index (χ1n) is 7.46. The van der Waals surface area contributed by atoms with Crippen molar-refractivity contribution in [2.45, 2.75) is 51.7 Å². The van der Waals surface area contributed by atoms with E-state index in [2.05, 4.69) is 56.8 Å². The standard InChI is InChI=1S/C16H25BO4/c1-15(2)16(3,4)21-17(20-15)14-10-8-13(9-11-14)7-6-12-19-18-5/h8-11H,6-7,12H2,1-5H3. The molecule has 4 nitrogen and oxygen atoms in total. The molecule has 1 fully saturated rings. The number of aryl methyl sites for hydroxylation is 1. The molecule has 1 heterocycles. The summed E-state index contributed by atoms with van der Waals surface area (Å²) in [6, 6.07) is 8.39. The van der Waals surface area contributed by atoms with Crippen molar-refractivity contribution in [1.29, 1.82) is 0 Å². The molecule has 0 unspecified atom stereocenters. The van der Waals surface area contributed by atoms with Crippen molar-refractivity contribution in [1.82, 2.24) is 0 Å². The van der Waals surface area contributed by atoms with E-state index in [4.69, 9.17) is 14.2 Å². The highest BCUT2D eigenvalue weighted by Crippen LogP contribution is 2.36. The average Bonchev–Trinajstić information content (AvgIpc) is 2.64. The Morgan fingerprint density at radius 1 is 1.00 bits per heavy atom. The molecule has 21 heavy (non-hydrogen) atoms. The van der Waals surface area contributed by atoms with Crippen molar-refractivity contribution in [3.63, 3.8) is 0 Å². The van der Waals surface area contributed by atoms with Gasteiger partial charge in [-0.25, -0.2) is 9.78 Å². The van der Waals surface area contributed by atoms with E-state index >= 15 is 0 Å². The summed E-state index contributed by atoms with van der Waals surface area (Å²) in [5, 5.41) is 0. The number of rotatable bonds is 6. The van der Waals surface area contributed by atoms with E-state index in [1.807, 2.05) is 0 Å². The van der Waals surface area contributed by atoms with Crippen LogP contribution in [0.1, 0.15) is 39.7 Å². The molecule has 116 valence electrons. The van der Waals surface area contributed by atoms with Crippen LogP contribution in [0.5, 0.6) is 0 Å². The molecule has 0 bridgehead atoms. The zero-order valence-corrected chi connectivity index (χ0v) is 13.6. The highest BCUT2D eigenvalue weighted by Gasteiger charge is 2.51. The lowest BCUT2D eigenvalue weighted by molar-refractivity contribution is -0.272. The fourth-order valence-corrected chi connectivity index (χ4v) is 2.24. The van der Waals surface area contributed by atoms with E-state index in [1.165, 1.54) is 12.7 Å². The molecule has 0 spiro atoms. The minimum atomic E-state index is -0.298. The van der Waals surface area contributed by atoms with Gasteiger partial charge < -0.3 is 9.31 Å². The predicted molar refractivity (Wildman–Crippen MR) is 83.4 cm³/mol. The molecule has 0 aromatic heterocycles. The molecule has 1 saturated heterocycles. The van der Waals surface area contributed by atoms with Crippen molar-refractivity contribution in [2.75, 3.05) is 13.7 Å². The van der Waals surface area contributed by atoms with Crippen molar-refractivity contribution in [3.05, 3.63) is 29.8 Å². The lowest BCUT2D eigenvalue weighted by Gasteiger charge is -2.32. The number of benzene rings is 1. The molecule has 0 N–H and O–H groups in total. The summed E-state index contributed by atoms with van der Waals surface area (Å²) < 4.78 is 12.1. The number of hydrogen-bond donors (Lipinski definition) is 0. The van der Waals surface area contributed by atoms with Crippen molar-refractivity contribution >= 4 is 12.6 Å². The minimum absolute atomic E-state index is 0.291. The van der Waals surface area contributed by atoms with Crippen molar-refractivity contribution in [2.24, 2.45) is 0 Å². The Morgan fingerprint density at radius 3 is 2.10 bits per heavy atom. The third-order valence-corrected chi connectivity index (χ3v) is 4.32. The largest absolute Gasteiger partial charge is 0.494 e. The Labute approximate surface area is 127 Å². The van der Waals surface area contributed by atoms with Gasteiger partial charge in [-0.2, -0.15) is 0 Å². The van der Waals surface area contributed by atoms with Crippen LogP contribution in [0.3, 0.4) is 0 Å². The second kappa shape index (κ2) is 6.49. The third-order valence-electron chi connectivity index (χ3n) is 4.32. The summed E-state index contributed by atoms with van der Waals surface area (Å²) in [7, 11) is 1.24. The van der Waals surface area contributed by atoms with Crippen molar-refractivity contribution in [3.8, 4) is 0 Å². The highest BCUT2D eigenvalue weighted by atomic mass is 17.2. The van der Waals surface area contributed by atoms with Gasteiger partial charge in [0.25, 0.3) is 0 Å². The van der Waals surface area contributed by atoms with E-state index in [0.29, 0.717) is 6.61 Å². The molecule has 2 rings (SSSR count). The van der Waals surface area contributed by atoms with E-state index in [9.17, 15) is 0 Å². The van der Waals surface area contributed by atoms with Crippen LogP contribution in [-0.2, 0) is 25.5 Å². The van der Waals surface area contributed by atoms with Gasteiger partial charge in [-0.1, -0.05) is 24.3 Å². The average molecular weight is 292 g/mol. The van der Waals surface area contributed by atoms with E-state index in [-0.39, 0.29) is 18.3 Å². The van der Waals surface area contributed by atoms with Gasteiger partial charge in [0.2, 0.25) is 0 Å². The Hall–Kier alpha value is -0.875. The van der Waals surface area contributed by atoms with Crippen LogP contribution in [0.4, 0.5) is 0 Å². The van der Waals surface area contributed by atoms with Crippen LogP contribution in [0.15, 0.2) is 24.3 Å². The molecular formula is C16H25BO4. The first-order valence-corrected chi connectivity index (χ1v) is 7.46.